The molecule has 0 aliphatic carbocycles. The number of piperazine rings is 1. The highest BCUT2D eigenvalue weighted by Gasteiger charge is 2.26. The zero-order chi connectivity index (χ0) is 24.0. The van der Waals surface area contributed by atoms with E-state index in [1.165, 1.54) is 33.4 Å². The van der Waals surface area contributed by atoms with Crippen molar-refractivity contribution in [2.45, 2.75) is 19.5 Å². The molecule has 0 aromatic heterocycles. The minimum Gasteiger partial charge on any atom is -0.497 e. The summed E-state index contributed by atoms with van der Waals surface area (Å²) in [6.07, 6.45) is 0. The molecule has 1 aliphatic heterocycles. The third-order valence-electron chi connectivity index (χ3n) is 7.17. The molecule has 1 fully saturated rings. The minimum absolute atomic E-state index is 0.305. The van der Waals surface area contributed by atoms with Crippen molar-refractivity contribution < 1.29 is 4.74 Å². The molecule has 0 unspecified atom stereocenters. The van der Waals surface area contributed by atoms with Gasteiger partial charge in [0.1, 0.15) is 5.75 Å². The summed E-state index contributed by atoms with van der Waals surface area (Å²) in [5.74, 6) is 0.892. The first kappa shape index (κ1) is 23.3. The lowest BCUT2D eigenvalue weighted by Gasteiger charge is -2.40. The van der Waals surface area contributed by atoms with Crippen molar-refractivity contribution in [1.29, 1.82) is 0 Å². The number of aryl methyl sites for hydroxylation is 1. The molecule has 1 saturated heterocycles. The molecule has 1 heterocycles. The Kier molecular flexibility index (Phi) is 7.27. The summed E-state index contributed by atoms with van der Waals surface area (Å²) in [5.41, 5.74) is 8.00. The first-order chi connectivity index (χ1) is 17.2. The van der Waals surface area contributed by atoms with E-state index >= 15 is 0 Å². The Morgan fingerprint density at radius 3 is 1.83 bits per heavy atom. The van der Waals surface area contributed by atoms with Gasteiger partial charge in [0.05, 0.1) is 13.2 Å². The van der Waals surface area contributed by atoms with Gasteiger partial charge < -0.3 is 4.74 Å². The summed E-state index contributed by atoms with van der Waals surface area (Å²) in [5, 5.41) is 0. The van der Waals surface area contributed by atoms with Gasteiger partial charge in [-0.15, -0.1) is 0 Å². The lowest BCUT2D eigenvalue weighted by atomic mass is 9.96. The Labute approximate surface area is 209 Å². The molecule has 178 valence electrons. The van der Waals surface area contributed by atoms with Crippen LogP contribution in [-0.4, -0.2) is 43.1 Å². The maximum atomic E-state index is 5.32. The average Bonchev–Trinajstić information content (AvgIpc) is 2.92. The molecular formula is C32H34N2O. The summed E-state index contributed by atoms with van der Waals surface area (Å²) in [6, 6.07) is 37.4. The van der Waals surface area contributed by atoms with Crippen molar-refractivity contribution in [1.82, 2.24) is 9.80 Å². The molecule has 35 heavy (non-hydrogen) atoms. The van der Waals surface area contributed by atoms with Crippen LogP contribution < -0.4 is 4.74 Å². The molecule has 3 heteroatoms. The van der Waals surface area contributed by atoms with Gasteiger partial charge in [0, 0.05) is 32.7 Å². The van der Waals surface area contributed by atoms with Gasteiger partial charge in [-0.3, -0.25) is 9.80 Å². The predicted octanol–water partition coefficient (Wildman–Crippen LogP) is 6.58. The number of hydrogen-bond donors (Lipinski definition) is 0. The van der Waals surface area contributed by atoms with Gasteiger partial charge in [-0.25, -0.2) is 0 Å². The summed E-state index contributed by atoms with van der Waals surface area (Å²) >= 11 is 0. The molecule has 0 bridgehead atoms. The average molecular weight is 463 g/mol. The normalized spacial score (nSPS) is 14.8. The number of rotatable bonds is 7. The zero-order valence-corrected chi connectivity index (χ0v) is 20.7. The Morgan fingerprint density at radius 2 is 1.26 bits per heavy atom. The fourth-order valence-electron chi connectivity index (χ4n) is 5.11. The van der Waals surface area contributed by atoms with Crippen molar-refractivity contribution >= 4 is 0 Å². The van der Waals surface area contributed by atoms with Crippen LogP contribution >= 0.6 is 0 Å². The first-order valence-electron chi connectivity index (χ1n) is 12.5. The Balaban J connectivity index is 1.29. The third kappa shape index (κ3) is 5.48. The van der Waals surface area contributed by atoms with Crippen LogP contribution in [0.2, 0.25) is 0 Å². The molecular weight excluding hydrogens is 428 g/mol. The second kappa shape index (κ2) is 10.9. The number of methoxy groups -OCH3 is 1. The quantitative estimate of drug-likeness (QED) is 0.309. The highest BCUT2D eigenvalue weighted by Crippen LogP contribution is 2.30. The maximum absolute atomic E-state index is 5.32. The second-order valence-corrected chi connectivity index (χ2v) is 9.41. The van der Waals surface area contributed by atoms with Gasteiger partial charge in [0.2, 0.25) is 0 Å². The standard InChI is InChI=1S/C32H34N2O/c1-25-13-14-29(26-15-17-31(35-2)18-16-26)23-30(25)24-33-19-21-34(22-20-33)32(27-9-5-3-6-10-27)28-11-7-4-8-12-28/h3-18,23,32H,19-22,24H2,1-2H3. The largest absolute Gasteiger partial charge is 0.497 e. The molecule has 0 N–H and O–H groups in total. The van der Waals surface area contributed by atoms with Crippen molar-refractivity contribution in [3.63, 3.8) is 0 Å². The van der Waals surface area contributed by atoms with Crippen LogP contribution in [0.1, 0.15) is 28.3 Å². The molecule has 1 aliphatic rings. The van der Waals surface area contributed by atoms with Gasteiger partial charge in [-0.05, 0) is 58.5 Å². The molecule has 4 aromatic rings. The lowest BCUT2D eigenvalue weighted by Crippen LogP contribution is -2.47. The monoisotopic (exact) mass is 462 g/mol. The summed E-state index contributed by atoms with van der Waals surface area (Å²) < 4.78 is 5.32. The van der Waals surface area contributed by atoms with Crippen molar-refractivity contribution in [2.75, 3.05) is 33.3 Å². The molecule has 3 nitrogen and oxygen atoms in total. The highest BCUT2D eigenvalue weighted by molar-refractivity contribution is 5.65. The van der Waals surface area contributed by atoms with Gasteiger partial charge in [0.15, 0.2) is 0 Å². The van der Waals surface area contributed by atoms with Crippen LogP contribution in [0.3, 0.4) is 0 Å². The smallest absolute Gasteiger partial charge is 0.118 e. The first-order valence-corrected chi connectivity index (χ1v) is 12.5. The Morgan fingerprint density at radius 1 is 0.686 bits per heavy atom. The fourth-order valence-corrected chi connectivity index (χ4v) is 5.11. The number of benzene rings is 4. The number of hydrogen-bond acceptors (Lipinski definition) is 3. The van der Waals surface area contributed by atoms with E-state index in [1.807, 2.05) is 12.1 Å². The predicted molar refractivity (Wildman–Crippen MR) is 145 cm³/mol. The van der Waals surface area contributed by atoms with Crippen LogP contribution in [0.5, 0.6) is 5.75 Å². The molecule has 4 aromatic carbocycles. The van der Waals surface area contributed by atoms with Gasteiger partial charge in [-0.1, -0.05) is 84.9 Å². The number of nitrogens with zero attached hydrogens (tertiary/aromatic N) is 2. The Bertz CT molecular complexity index is 1170. The van der Waals surface area contributed by atoms with E-state index in [1.54, 1.807) is 7.11 Å². The summed E-state index contributed by atoms with van der Waals surface area (Å²) in [4.78, 5) is 5.24. The van der Waals surface area contributed by atoms with E-state index in [0.717, 1.165) is 38.5 Å². The van der Waals surface area contributed by atoms with Crippen molar-refractivity contribution in [2.24, 2.45) is 0 Å². The van der Waals surface area contributed by atoms with E-state index < -0.39 is 0 Å². The summed E-state index contributed by atoms with van der Waals surface area (Å²) in [6.45, 7) is 7.48. The van der Waals surface area contributed by atoms with Crippen molar-refractivity contribution in [3.05, 3.63) is 125 Å². The van der Waals surface area contributed by atoms with E-state index in [2.05, 4.69) is 108 Å². The zero-order valence-electron chi connectivity index (χ0n) is 20.7. The molecule has 0 atom stereocenters. The maximum Gasteiger partial charge on any atom is 0.118 e. The molecule has 0 spiro atoms. The van der Waals surface area contributed by atoms with Gasteiger partial charge >= 0.3 is 0 Å². The van der Waals surface area contributed by atoms with Crippen LogP contribution in [0.25, 0.3) is 11.1 Å². The second-order valence-electron chi connectivity index (χ2n) is 9.41. The van der Waals surface area contributed by atoms with Crippen molar-refractivity contribution in [3.8, 4) is 16.9 Å². The van der Waals surface area contributed by atoms with Crippen LogP contribution in [0, 0.1) is 6.92 Å². The van der Waals surface area contributed by atoms with E-state index in [-0.39, 0.29) is 0 Å². The topological polar surface area (TPSA) is 15.7 Å². The third-order valence-corrected chi connectivity index (χ3v) is 7.17. The van der Waals surface area contributed by atoms with E-state index in [0.29, 0.717) is 6.04 Å². The highest BCUT2D eigenvalue weighted by atomic mass is 16.5. The Hall–Kier alpha value is -3.40. The SMILES string of the molecule is COc1ccc(-c2ccc(C)c(CN3CCN(C(c4ccccc4)c4ccccc4)CC3)c2)cc1. The summed E-state index contributed by atoms with van der Waals surface area (Å²) in [7, 11) is 1.71. The van der Waals surface area contributed by atoms with E-state index in [4.69, 9.17) is 4.74 Å². The molecule has 5 rings (SSSR count). The minimum atomic E-state index is 0.305. The van der Waals surface area contributed by atoms with Gasteiger partial charge in [0.25, 0.3) is 0 Å². The van der Waals surface area contributed by atoms with Crippen LogP contribution in [-0.2, 0) is 6.54 Å². The molecule has 0 radical (unpaired) electrons. The molecule has 0 saturated carbocycles. The van der Waals surface area contributed by atoms with Crippen LogP contribution in [0.4, 0.5) is 0 Å². The fraction of sp³-hybridized carbons (Fsp3) is 0.250. The number of ether oxygens (including phenoxy) is 1. The molecule has 0 amide bonds. The van der Waals surface area contributed by atoms with E-state index in [9.17, 15) is 0 Å². The van der Waals surface area contributed by atoms with Crippen LogP contribution in [0.15, 0.2) is 103 Å². The van der Waals surface area contributed by atoms with Gasteiger partial charge in [-0.2, -0.15) is 0 Å². The lowest BCUT2D eigenvalue weighted by molar-refractivity contribution is 0.105.